The Bertz CT molecular complexity index is 557. The molecule has 0 aliphatic heterocycles. The molecule has 6 heteroatoms. The van der Waals surface area contributed by atoms with Gasteiger partial charge in [0.05, 0.1) is 11.5 Å². The van der Waals surface area contributed by atoms with Crippen LogP contribution in [0.15, 0.2) is 35.0 Å². The van der Waals surface area contributed by atoms with Crippen molar-refractivity contribution >= 4 is 33.0 Å². The van der Waals surface area contributed by atoms with Gasteiger partial charge >= 0.3 is 0 Å². The van der Waals surface area contributed by atoms with Gasteiger partial charge < -0.3 is 4.74 Å². The van der Waals surface area contributed by atoms with E-state index in [0.29, 0.717) is 17.7 Å². The first-order valence-corrected chi connectivity index (χ1v) is 7.74. The Labute approximate surface area is 123 Å². The summed E-state index contributed by atoms with van der Waals surface area (Å²) in [4.78, 5) is 10.3. The summed E-state index contributed by atoms with van der Waals surface area (Å²) in [5, 5.41) is 15.4. The molecular weight excluding hydrogens is 330 g/mol. The summed E-state index contributed by atoms with van der Waals surface area (Å²) in [6.07, 6.45) is 0.836. The molecule has 0 aliphatic rings. The molecule has 0 bridgehead atoms. The molecule has 19 heavy (non-hydrogen) atoms. The minimum absolute atomic E-state index is 0.0830. The molecular formula is C13H12BrNO3S. The van der Waals surface area contributed by atoms with E-state index in [1.807, 2.05) is 5.38 Å². The van der Waals surface area contributed by atoms with E-state index >= 15 is 0 Å². The molecule has 0 fully saturated rings. The Morgan fingerprint density at radius 1 is 1.37 bits per heavy atom. The Hall–Kier alpha value is -1.40. The molecule has 2 aromatic rings. The fraction of sp³-hybridized carbons (Fsp3) is 0.231. The number of nitro groups is 1. The predicted molar refractivity (Wildman–Crippen MR) is 79.2 cm³/mol. The van der Waals surface area contributed by atoms with Crippen molar-refractivity contribution in [3.05, 3.63) is 56.3 Å². The molecule has 1 aromatic carbocycles. The van der Waals surface area contributed by atoms with E-state index in [9.17, 15) is 10.1 Å². The number of ether oxygens (including phenoxy) is 1. The van der Waals surface area contributed by atoms with Gasteiger partial charge in [-0.25, -0.2) is 0 Å². The lowest BCUT2D eigenvalue weighted by atomic mass is 10.2. The minimum Gasteiger partial charge on any atom is -0.493 e. The van der Waals surface area contributed by atoms with Gasteiger partial charge in [-0.15, -0.1) is 0 Å². The van der Waals surface area contributed by atoms with Crippen LogP contribution < -0.4 is 4.74 Å². The molecule has 1 aromatic heterocycles. The number of alkyl halides is 1. The molecule has 0 radical (unpaired) electrons. The third-order valence-corrected chi connectivity index (χ3v) is 3.96. The third kappa shape index (κ3) is 3.78. The average Bonchev–Trinajstić information content (AvgIpc) is 2.92. The van der Waals surface area contributed by atoms with Gasteiger partial charge in [0.25, 0.3) is 5.69 Å². The highest BCUT2D eigenvalue weighted by Crippen LogP contribution is 2.26. The standard InChI is InChI=1S/C13H12BrNO3S/c14-8-11-7-12(15(16)17)1-2-13(11)18-5-3-10-4-6-19-9-10/h1-2,4,6-7,9H,3,5,8H2. The van der Waals surface area contributed by atoms with Crippen LogP contribution >= 0.6 is 27.3 Å². The van der Waals surface area contributed by atoms with Crippen molar-refractivity contribution in [2.75, 3.05) is 6.61 Å². The van der Waals surface area contributed by atoms with Gasteiger partial charge in [0.2, 0.25) is 0 Å². The molecule has 0 amide bonds. The van der Waals surface area contributed by atoms with Crippen LogP contribution in [0.2, 0.25) is 0 Å². The van der Waals surface area contributed by atoms with Crippen molar-refractivity contribution in [1.82, 2.24) is 0 Å². The number of hydrogen-bond donors (Lipinski definition) is 0. The quantitative estimate of drug-likeness (QED) is 0.450. The Kier molecular flexibility index (Phi) is 4.93. The maximum atomic E-state index is 10.7. The lowest BCUT2D eigenvalue weighted by molar-refractivity contribution is -0.384. The Balaban J connectivity index is 2.01. The number of halogens is 1. The minimum atomic E-state index is -0.401. The zero-order valence-corrected chi connectivity index (χ0v) is 12.4. The first-order chi connectivity index (χ1) is 9.20. The summed E-state index contributed by atoms with van der Waals surface area (Å²) in [6.45, 7) is 0.564. The van der Waals surface area contributed by atoms with E-state index in [2.05, 4.69) is 27.4 Å². The number of thiophene rings is 1. The van der Waals surface area contributed by atoms with Gasteiger partial charge in [0.15, 0.2) is 0 Å². The van der Waals surface area contributed by atoms with Crippen LogP contribution in [0.1, 0.15) is 11.1 Å². The maximum absolute atomic E-state index is 10.7. The first kappa shape index (κ1) is 14.0. The highest BCUT2D eigenvalue weighted by molar-refractivity contribution is 9.08. The summed E-state index contributed by atoms with van der Waals surface area (Å²) in [7, 11) is 0. The molecule has 1 heterocycles. The molecule has 0 spiro atoms. The van der Waals surface area contributed by atoms with E-state index in [1.54, 1.807) is 17.4 Å². The van der Waals surface area contributed by atoms with E-state index in [1.165, 1.54) is 17.7 Å². The number of rotatable bonds is 6. The van der Waals surface area contributed by atoms with Crippen molar-refractivity contribution in [2.24, 2.45) is 0 Å². The van der Waals surface area contributed by atoms with Crippen molar-refractivity contribution < 1.29 is 9.66 Å². The lowest BCUT2D eigenvalue weighted by Gasteiger charge is -2.09. The molecule has 2 rings (SSSR count). The van der Waals surface area contributed by atoms with Crippen molar-refractivity contribution in [1.29, 1.82) is 0 Å². The third-order valence-electron chi connectivity index (χ3n) is 2.63. The normalized spacial score (nSPS) is 10.4. The fourth-order valence-electron chi connectivity index (χ4n) is 1.64. The van der Waals surface area contributed by atoms with Crippen molar-refractivity contribution in [3.8, 4) is 5.75 Å². The van der Waals surface area contributed by atoms with Crippen molar-refractivity contribution in [3.63, 3.8) is 0 Å². The molecule has 0 aliphatic carbocycles. The second-order valence-corrected chi connectivity index (χ2v) is 5.25. The monoisotopic (exact) mass is 341 g/mol. The molecule has 0 unspecified atom stereocenters. The highest BCUT2D eigenvalue weighted by atomic mass is 79.9. The number of nitro benzene ring substituents is 1. The number of hydrogen-bond acceptors (Lipinski definition) is 4. The van der Waals surface area contributed by atoms with Crippen LogP contribution in [0, 0.1) is 10.1 Å². The topological polar surface area (TPSA) is 52.4 Å². The fourth-order valence-corrected chi connectivity index (χ4v) is 2.78. The smallest absolute Gasteiger partial charge is 0.270 e. The van der Waals surface area contributed by atoms with Crippen LogP contribution in [0.4, 0.5) is 5.69 Å². The summed E-state index contributed by atoms with van der Waals surface area (Å²) >= 11 is 4.98. The molecule has 100 valence electrons. The van der Waals surface area contributed by atoms with Crippen LogP contribution in [0.5, 0.6) is 5.75 Å². The molecule has 0 saturated heterocycles. The Morgan fingerprint density at radius 2 is 2.21 bits per heavy atom. The largest absolute Gasteiger partial charge is 0.493 e. The molecule has 0 atom stereocenters. The predicted octanol–water partition coefficient (Wildman–Crippen LogP) is 4.17. The molecule has 0 N–H and O–H groups in total. The number of benzene rings is 1. The average molecular weight is 342 g/mol. The van der Waals surface area contributed by atoms with E-state index in [0.717, 1.165) is 12.0 Å². The lowest BCUT2D eigenvalue weighted by Crippen LogP contribution is -2.02. The van der Waals surface area contributed by atoms with Gasteiger partial charge in [-0.3, -0.25) is 10.1 Å². The highest BCUT2D eigenvalue weighted by Gasteiger charge is 2.10. The summed E-state index contributed by atoms with van der Waals surface area (Å²) < 4.78 is 5.69. The number of nitrogens with zero attached hydrogens (tertiary/aromatic N) is 1. The van der Waals surface area contributed by atoms with E-state index in [4.69, 9.17) is 4.74 Å². The summed E-state index contributed by atoms with van der Waals surface area (Å²) in [5.74, 6) is 0.692. The van der Waals surface area contributed by atoms with E-state index < -0.39 is 4.92 Å². The summed E-state index contributed by atoms with van der Waals surface area (Å²) in [6, 6.07) is 6.72. The SMILES string of the molecule is O=[N+]([O-])c1ccc(OCCc2ccsc2)c(CBr)c1. The van der Waals surface area contributed by atoms with Gasteiger partial charge in [-0.1, -0.05) is 15.9 Å². The Morgan fingerprint density at radius 3 is 2.84 bits per heavy atom. The van der Waals surface area contributed by atoms with Gasteiger partial charge in [-0.2, -0.15) is 11.3 Å². The van der Waals surface area contributed by atoms with Crippen LogP contribution in [-0.4, -0.2) is 11.5 Å². The van der Waals surface area contributed by atoms with E-state index in [-0.39, 0.29) is 5.69 Å². The van der Waals surface area contributed by atoms with Crippen LogP contribution in [0.25, 0.3) is 0 Å². The van der Waals surface area contributed by atoms with Crippen LogP contribution in [0.3, 0.4) is 0 Å². The summed E-state index contributed by atoms with van der Waals surface area (Å²) in [5.41, 5.74) is 2.12. The van der Waals surface area contributed by atoms with Crippen LogP contribution in [-0.2, 0) is 11.8 Å². The van der Waals surface area contributed by atoms with Gasteiger partial charge in [0.1, 0.15) is 5.75 Å². The zero-order chi connectivity index (χ0) is 13.7. The number of non-ortho nitro benzene ring substituents is 1. The van der Waals surface area contributed by atoms with Gasteiger partial charge in [-0.05, 0) is 28.5 Å². The first-order valence-electron chi connectivity index (χ1n) is 5.68. The second-order valence-electron chi connectivity index (χ2n) is 3.91. The molecule has 4 nitrogen and oxygen atoms in total. The molecule has 0 saturated carbocycles. The second kappa shape index (κ2) is 6.68. The van der Waals surface area contributed by atoms with Gasteiger partial charge in [0, 0.05) is 29.4 Å². The van der Waals surface area contributed by atoms with Crippen molar-refractivity contribution in [2.45, 2.75) is 11.8 Å². The maximum Gasteiger partial charge on any atom is 0.270 e. The zero-order valence-electron chi connectivity index (χ0n) is 10.0.